The third-order valence-corrected chi connectivity index (χ3v) is 4.03. The Hall–Kier alpha value is -1.48. The van der Waals surface area contributed by atoms with E-state index in [4.69, 9.17) is 16.7 Å². The van der Waals surface area contributed by atoms with Crippen molar-refractivity contribution in [2.75, 3.05) is 0 Å². The summed E-state index contributed by atoms with van der Waals surface area (Å²) in [6.07, 6.45) is 0.0967. The summed E-state index contributed by atoms with van der Waals surface area (Å²) in [5.74, 6) is -0.788. The minimum atomic E-state index is -0.788. The second-order valence-corrected chi connectivity index (χ2v) is 6.02. The van der Waals surface area contributed by atoms with Gasteiger partial charge >= 0.3 is 5.97 Å². The number of para-hydroxylation sites is 1. The van der Waals surface area contributed by atoms with E-state index in [-0.39, 0.29) is 6.42 Å². The average molecular weight is 280 g/mol. The maximum absolute atomic E-state index is 11.1. The van der Waals surface area contributed by atoms with Crippen LogP contribution in [0.15, 0.2) is 18.2 Å². The minimum absolute atomic E-state index is 0.0967. The second-order valence-electron chi connectivity index (χ2n) is 5.61. The summed E-state index contributed by atoms with van der Waals surface area (Å²) in [5.41, 5.74) is 2.67. The van der Waals surface area contributed by atoms with Crippen molar-refractivity contribution < 1.29 is 9.90 Å². The fraction of sp³-hybridized carbons (Fsp3) is 0.400. The number of carboxylic acid groups (broad SMARTS) is 1. The van der Waals surface area contributed by atoms with Gasteiger partial charge in [0.15, 0.2) is 0 Å². The van der Waals surface area contributed by atoms with Crippen LogP contribution in [-0.2, 0) is 17.3 Å². The number of carbonyl (C=O) groups is 1. The third-order valence-electron chi connectivity index (χ3n) is 3.73. The van der Waals surface area contributed by atoms with Crippen LogP contribution in [0.5, 0.6) is 0 Å². The van der Waals surface area contributed by atoms with E-state index in [2.05, 4.69) is 0 Å². The summed E-state index contributed by atoms with van der Waals surface area (Å²) in [5, 5.41) is 10.8. The van der Waals surface area contributed by atoms with Crippen molar-refractivity contribution in [3.8, 4) is 0 Å². The van der Waals surface area contributed by atoms with Crippen LogP contribution in [0, 0.1) is 6.92 Å². The molecule has 2 rings (SSSR count). The van der Waals surface area contributed by atoms with Crippen molar-refractivity contribution in [2.45, 2.75) is 32.6 Å². The average Bonchev–Trinajstić information content (AvgIpc) is 2.51. The van der Waals surface area contributed by atoms with Gasteiger partial charge in [0, 0.05) is 23.5 Å². The molecule has 4 heteroatoms. The first-order valence-corrected chi connectivity index (χ1v) is 6.59. The summed E-state index contributed by atoms with van der Waals surface area (Å²) < 4.78 is 2.04. The lowest BCUT2D eigenvalue weighted by atomic mass is 9.80. The van der Waals surface area contributed by atoms with Crippen molar-refractivity contribution in [3.05, 3.63) is 34.5 Å². The molecule has 0 radical (unpaired) electrons. The summed E-state index contributed by atoms with van der Waals surface area (Å²) in [7, 11) is 1.96. The molecular formula is C15H18ClNO2. The summed E-state index contributed by atoms with van der Waals surface area (Å²) in [6.45, 7) is 5.93. The van der Waals surface area contributed by atoms with Gasteiger partial charge in [0.05, 0.1) is 17.0 Å². The number of carboxylic acids is 1. The number of hydrogen-bond acceptors (Lipinski definition) is 1. The van der Waals surface area contributed by atoms with Crippen LogP contribution in [0.1, 0.15) is 31.5 Å². The van der Waals surface area contributed by atoms with E-state index in [1.807, 2.05) is 50.6 Å². The van der Waals surface area contributed by atoms with E-state index in [0.29, 0.717) is 5.02 Å². The van der Waals surface area contributed by atoms with Gasteiger partial charge in [-0.3, -0.25) is 4.79 Å². The Bertz CT molecular complexity index is 656. The number of halogens is 1. The standard InChI is InChI=1S/C15H18ClNO2/c1-9-13(15(2,3)8-12(18)19)10-6-5-7-11(16)14(10)17(9)4/h5-7H,8H2,1-4H3,(H,18,19). The SMILES string of the molecule is Cc1c(C(C)(C)CC(=O)O)c2cccc(Cl)c2n1C. The first kappa shape index (κ1) is 13.9. The van der Waals surface area contributed by atoms with Gasteiger partial charge in [-0.2, -0.15) is 0 Å². The van der Waals surface area contributed by atoms with E-state index >= 15 is 0 Å². The van der Waals surface area contributed by atoms with Gasteiger partial charge in [-0.15, -0.1) is 0 Å². The van der Waals surface area contributed by atoms with Crippen molar-refractivity contribution in [1.82, 2.24) is 4.57 Å². The van der Waals surface area contributed by atoms with Gasteiger partial charge in [-0.1, -0.05) is 37.6 Å². The second kappa shape index (κ2) is 4.57. The van der Waals surface area contributed by atoms with E-state index in [1.165, 1.54) is 0 Å². The molecule has 2 aromatic rings. The lowest BCUT2D eigenvalue weighted by Gasteiger charge is -2.23. The Morgan fingerprint density at radius 3 is 2.63 bits per heavy atom. The fourth-order valence-corrected chi connectivity index (χ4v) is 3.21. The zero-order valence-electron chi connectivity index (χ0n) is 11.6. The van der Waals surface area contributed by atoms with E-state index < -0.39 is 11.4 Å². The van der Waals surface area contributed by atoms with Crippen LogP contribution in [0.4, 0.5) is 0 Å². The molecule has 0 unspecified atom stereocenters. The molecule has 0 aliphatic rings. The normalized spacial score (nSPS) is 12.1. The van der Waals surface area contributed by atoms with Crippen molar-refractivity contribution in [3.63, 3.8) is 0 Å². The molecule has 0 fully saturated rings. The predicted octanol–water partition coefficient (Wildman–Crippen LogP) is 3.89. The number of aryl methyl sites for hydroxylation is 1. The van der Waals surface area contributed by atoms with Crippen LogP contribution in [-0.4, -0.2) is 15.6 Å². The highest BCUT2D eigenvalue weighted by Crippen LogP contribution is 2.39. The van der Waals surface area contributed by atoms with Crippen LogP contribution in [0.3, 0.4) is 0 Å². The molecule has 1 heterocycles. The molecule has 1 aromatic heterocycles. The highest BCUT2D eigenvalue weighted by molar-refractivity contribution is 6.35. The monoisotopic (exact) mass is 279 g/mol. The van der Waals surface area contributed by atoms with E-state index in [9.17, 15) is 4.79 Å². The van der Waals surface area contributed by atoms with Gasteiger partial charge in [0.2, 0.25) is 0 Å². The molecule has 0 amide bonds. The van der Waals surface area contributed by atoms with Crippen molar-refractivity contribution in [2.24, 2.45) is 7.05 Å². The van der Waals surface area contributed by atoms with Gasteiger partial charge in [-0.05, 0) is 18.6 Å². The highest BCUT2D eigenvalue weighted by atomic mass is 35.5. The topological polar surface area (TPSA) is 42.2 Å². The van der Waals surface area contributed by atoms with E-state index in [0.717, 1.165) is 22.2 Å². The fourth-order valence-electron chi connectivity index (χ4n) is 2.91. The number of aliphatic carboxylic acids is 1. The molecule has 1 aromatic carbocycles. The van der Waals surface area contributed by atoms with Gasteiger partial charge < -0.3 is 9.67 Å². The third kappa shape index (κ3) is 2.23. The first-order chi connectivity index (χ1) is 8.75. The predicted molar refractivity (Wildman–Crippen MR) is 77.9 cm³/mol. The molecule has 0 atom stereocenters. The van der Waals surface area contributed by atoms with Crippen molar-refractivity contribution in [1.29, 1.82) is 0 Å². The Morgan fingerprint density at radius 2 is 2.05 bits per heavy atom. The van der Waals surface area contributed by atoms with Crippen LogP contribution < -0.4 is 0 Å². The molecule has 0 spiro atoms. The zero-order chi connectivity index (χ0) is 14.4. The molecule has 0 saturated carbocycles. The quantitative estimate of drug-likeness (QED) is 0.926. The number of fused-ring (bicyclic) bond motifs is 1. The molecule has 19 heavy (non-hydrogen) atoms. The molecule has 0 aliphatic carbocycles. The smallest absolute Gasteiger partial charge is 0.304 e. The molecule has 0 saturated heterocycles. The lowest BCUT2D eigenvalue weighted by Crippen LogP contribution is -2.22. The molecule has 0 aliphatic heterocycles. The maximum Gasteiger partial charge on any atom is 0.304 e. The Kier molecular flexibility index (Phi) is 3.35. The minimum Gasteiger partial charge on any atom is -0.481 e. The Labute approximate surface area is 117 Å². The molecule has 0 bridgehead atoms. The Balaban J connectivity index is 2.77. The summed E-state index contributed by atoms with van der Waals surface area (Å²) in [6, 6.07) is 5.77. The first-order valence-electron chi connectivity index (χ1n) is 6.21. The molecular weight excluding hydrogens is 262 g/mol. The van der Waals surface area contributed by atoms with Crippen LogP contribution >= 0.6 is 11.6 Å². The van der Waals surface area contributed by atoms with E-state index in [1.54, 1.807) is 0 Å². The number of rotatable bonds is 3. The largest absolute Gasteiger partial charge is 0.481 e. The lowest BCUT2D eigenvalue weighted by molar-refractivity contribution is -0.138. The van der Waals surface area contributed by atoms with Gasteiger partial charge in [0.1, 0.15) is 0 Å². The van der Waals surface area contributed by atoms with Gasteiger partial charge in [-0.25, -0.2) is 0 Å². The van der Waals surface area contributed by atoms with Crippen molar-refractivity contribution >= 4 is 28.5 Å². The number of benzene rings is 1. The van der Waals surface area contributed by atoms with Crippen LogP contribution in [0.25, 0.3) is 10.9 Å². The number of nitrogens with zero attached hydrogens (tertiary/aromatic N) is 1. The zero-order valence-corrected chi connectivity index (χ0v) is 12.4. The van der Waals surface area contributed by atoms with Gasteiger partial charge in [0.25, 0.3) is 0 Å². The summed E-state index contributed by atoms with van der Waals surface area (Å²) >= 11 is 6.27. The molecule has 3 nitrogen and oxygen atoms in total. The maximum atomic E-state index is 11.1. The number of aromatic nitrogens is 1. The molecule has 1 N–H and O–H groups in total. The Morgan fingerprint density at radius 1 is 1.42 bits per heavy atom. The molecule has 102 valence electrons. The summed E-state index contributed by atoms with van der Waals surface area (Å²) in [4.78, 5) is 11.1. The highest BCUT2D eigenvalue weighted by Gasteiger charge is 2.30. The van der Waals surface area contributed by atoms with Crippen LogP contribution in [0.2, 0.25) is 5.02 Å². The number of hydrogen-bond donors (Lipinski definition) is 1.